The highest BCUT2D eigenvalue weighted by Crippen LogP contribution is 2.48. The molecule has 0 N–H and O–H groups in total. The Morgan fingerprint density at radius 2 is 1.44 bits per heavy atom. The first kappa shape index (κ1) is 29.2. The summed E-state index contributed by atoms with van der Waals surface area (Å²) < 4.78 is 8.98. The number of aromatic nitrogens is 5. The van der Waals surface area contributed by atoms with Crippen LogP contribution in [0.4, 0.5) is 0 Å². The largest absolute Gasteiger partial charge is 0.433 e. The molecule has 0 bridgehead atoms. The lowest BCUT2D eigenvalue weighted by Gasteiger charge is -2.24. The average Bonchev–Trinajstić information content (AvgIpc) is 2.88. The van der Waals surface area contributed by atoms with Crippen molar-refractivity contribution < 1.29 is 9.30 Å². The van der Waals surface area contributed by atoms with Crippen LogP contribution in [0.3, 0.4) is 0 Å². The Morgan fingerprint density at radius 1 is 0.791 bits per heavy atom. The van der Waals surface area contributed by atoms with Crippen LogP contribution in [0.2, 0.25) is 0 Å². The maximum absolute atomic E-state index is 6.75. The molecule has 0 radical (unpaired) electrons. The summed E-state index contributed by atoms with van der Waals surface area (Å²) in [5.41, 5.74) is 8.35. The minimum absolute atomic E-state index is 0.160. The second-order valence-electron chi connectivity index (χ2n) is 15.5. The van der Waals surface area contributed by atoms with Gasteiger partial charge in [-0.3, -0.25) is 0 Å². The minimum Gasteiger partial charge on any atom is -0.433 e. The summed E-state index contributed by atoms with van der Waals surface area (Å²) in [6, 6.07) is 13.1. The molecular weight excluding hydrogens is 530 g/mol. The van der Waals surface area contributed by atoms with Crippen molar-refractivity contribution in [3.8, 4) is 34.3 Å². The van der Waals surface area contributed by atoms with E-state index in [0.29, 0.717) is 11.7 Å². The SMILES string of the molecule is Cc1cc2cc(CC(C)(C)C)cc3c2c(c1C)-c1c(nc2c(-c4nc(C(C)(C)C)nc(C(C)(C)C)n4)cccc2[n+]1C)O3. The minimum atomic E-state index is -0.231. The Bertz CT molecular complexity index is 1920. The molecule has 0 unspecified atom stereocenters. The number of ether oxygens (including phenoxy) is 1. The van der Waals surface area contributed by atoms with Gasteiger partial charge in [-0.2, -0.15) is 9.55 Å². The van der Waals surface area contributed by atoms with Crippen LogP contribution in [-0.4, -0.2) is 19.9 Å². The Kier molecular flexibility index (Phi) is 6.47. The maximum Gasteiger partial charge on any atom is 0.294 e. The molecule has 5 aromatic rings. The molecule has 1 aliphatic heterocycles. The van der Waals surface area contributed by atoms with Gasteiger partial charge in [-0.1, -0.05) is 80.5 Å². The summed E-state index contributed by atoms with van der Waals surface area (Å²) in [6.07, 6.45) is 0.961. The normalized spacial score (nSPS) is 13.4. The number of hydrogen-bond donors (Lipinski definition) is 0. The molecule has 0 atom stereocenters. The fourth-order valence-corrected chi connectivity index (χ4v) is 6.03. The van der Waals surface area contributed by atoms with Crippen molar-refractivity contribution in [1.82, 2.24) is 19.9 Å². The van der Waals surface area contributed by atoms with Crippen molar-refractivity contribution >= 4 is 21.8 Å². The van der Waals surface area contributed by atoms with Gasteiger partial charge in [-0.25, -0.2) is 15.0 Å². The summed E-state index contributed by atoms with van der Waals surface area (Å²) in [5, 5.41) is 2.37. The first-order valence-electron chi connectivity index (χ1n) is 15.3. The summed E-state index contributed by atoms with van der Waals surface area (Å²) in [6.45, 7) is 24.1. The molecule has 2 aromatic heterocycles. The van der Waals surface area contributed by atoms with Gasteiger partial charge >= 0.3 is 0 Å². The Hall–Kier alpha value is -3.93. The second-order valence-corrected chi connectivity index (χ2v) is 15.5. The summed E-state index contributed by atoms with van der Waals surface area (Å²) in [5.74, 6) is 3.67. The van der Waals surface area contributed by atoms with Crippen molar-refractivity contribution in [3.63, 3.8) is 0 Å². The van der Waals surface area contributed by atoms with Crippen LogP contribution in [0, 0.1) is 19.3 Å². The van der Waals surface area contributed by atoms with Crippen LogP contribution in [0.15, 0.2) is 36.4 Å². The molecule has 3 heterocycles. The van der Waals surface area contributed by atoms with Crippen molar-refractivity contribution in [2.24, 2.45) is 12.5 Å². The molecular formula is C37H44N5O+. The molecule has 0 saturated carbocycles. The molecule has 0 spiro atoms. The molecule has 222 valence electrons. The molecule has 6 nitrogen and oxygen atoms in total. The Balaban J connectivity index is 1.64. The van der Waals surface area contributed by atoms with Gasteiger partial charge in [0.2, 0.25) is 5.52 Å². The van der Waals surface area contributed by atoms with E-state index in [4.69, 9.17) is 24.7 Å². The van der Waals surface area contributed by atoms with Crippen molar-refractivity contribution in [2.75, 3.05) is 0 Å². The number of para-hydroxylation sites is 1. The number of fused-ring (bicyclic) bond motifs is 3. The molecule has 0 amide bonds. The maximum atomic E-state index is 6.75. The zero-order chi connectivity index (χ0) is 31.2. The zero-order valence-corrected chi connectivity index (χ0v) is 27.8. The van der Waals surface area contributed by atoms with Crippen LogP contribution < -0.4 is 9.30 Å². The number of nitrogens with zero attached hydrogens (tertiary/aromatic N) is 5. The monoisotopic (exact) mass is 574 g/mol. The molecule has 6 heteroatoms. The van der Waals surface area contributed by atoms with Crippen LogP contribution in [0.5, 0.6) is 11.6 Å². The molecule has 43 heavy (non-hydrogen) atoms. The lowest BCUT2D eigenvalue weighted by molar-refractivity contribution is -0.634. The highest BCUT2D eigenvalue weighted by molar-refractivity contribution is 6.05. The lowest BCUT2D eigenvalue weighted by atomic mass is 9.85. The number of aryl methyl sites for hydroxylation is 2. The summed E-state index contributed by atoms with van der Waals surface area (Å²) in [7, 11) is 2.11. The fourth-order valence-electron chi connectivity index (χ4n) is 6.03. The zero-order valence-electron chi connectivity index (χ0n) is 27.8. The molecule has 1 aliphatic rings. The predicted molar refractivity (Wildman–Crippen MR) is 175 cm³/mol. The van der Waals surface area contributed by atoms with Crippen molar-refractivity contribution in [3.05, 3.63) is 64.7 Å². The van der Waals surface area contributed by atoms with E-state index in [1.165, 1.54) is 27.6 Å². The standard InChI is InChI=1S/C37H44N5O/c1-20-16-23-17-22(19-35(3,4)5)18-26-28(23)27(21(20)2)30-32(43-26)38-29-24(14-13-15-25(29)42(30)12)31-39-33(36(6,7)8)41-34(40-31)37(9,10)11/h13-18H,19H2,1-12H3/q+1. The Labute approximate surface area is 255 Å². The summed E-state index contributed by atoms with van der Waals surface area (Å²) in [4.78, 5) is 20.2. The first-order valence-corrected chi connectivity index (χ1v) is 15.3. The van der Waals surface area contributed by atoms with E-state index in [-0.39, 0.29) is 16.2 Å². The quantitative estimate of drug-likeness (QED) is 0.194. The van der Waals surface area contributed by atoms with E-state index >= 15 is 0 Å². The number of rotatable bonds is 2. The number of hydrogen-bond acceptors (Lipinski definition) is 5. The van der Waals surface area contributed by atoms with Gasteiger partial charge in [-0.15, -0.1) is 0 Å². The van der Waals surface area contributed by atoms with Gasteiger partial charge in [0.15, 0.2) is 5.82 Å². The second kappa shape index (κ2) is 9.54. The molecule has 0 saturated heterocycles. The van der Waals surface area contributed by atoms with E-state index in [1.807, 2.05) is 0 Å². The fraction of sp³-hybridized carbons (Fsp3) is 0.432. The summed E-state index contributed by atoms with van der Waals surface area (Å²) >= 11 is 0. The molecule has 0 aliphatic carbocycles. The van der Waals surface area contributed by atoms with Gasteiger partial charge in [0.1, 0.15) is 30.0 Å². The smallest absolute Gasteiger partial charge is 0.294 e. The van der Waals surface area contributed by atoms with Crippen LogP contribution in [-0.2, 0) is 24.3 Å². The third kappa shape index (κ3) is 5.05. The van der Waals surface area contributed by atoms with Crippen LogP contribution >= 0.6 is 0 Å². The predicted octanol–water partition coefficient (Wildman–Crippen LogP) is 8.64. The van der Waals surface area contributed by atoms with Crippen molar-refractivity contribution in [1.29, 1.82) is 0 Å². The van der Waals surface area contributed by atoms with Gasteiger partial charge in [-0.05, 0) is 59.9 Å². The Morgan fingerprint density at radius 3 is 2.05 bits per heavy atom. The average molecular weight is 575 g/mol. The number of benzene rings is 3. The molecule has 3 aromatic carbocycles. The highest BCUT2D eigenvalue weighted by atomic mass is 16.5. The van der Waals surface area contributed by atoms with E-state index in [9.17, 15) is 0 Å². The van der Waals surface area contributed by atoms with Gasteiger partial charge in [0, 0.05) is 22.3 Å². The first-order chi connectivity index (χ1) is 19.9. The van der Waals surface area contributed by atoms with Gasteiger partial charge in [0.05, 0.1) is 11.1 Å². The lowest BCUT2D eigenvalue weighted by Crippen LogP contribution is -2.34. The third-order valence-corrected chi connectivity index (χ3v) is 8.30. The van der Waals surface area contributed by atoms with Gasteiger partial charge < -0.3 is 4.74 Å². The van der Waals surface area contributed by atoms with Gasteiger partial charge in [0.25, 0.3) is 11.6 Å². The van der Waals surface area contributed by atoms with E-state index in [0.717, 1.165) is 51.5 Å². The van der Waals surface area contributed by atoms with E-state index in [2.05, 4.69) is 124 Å². The molecule has 0 fully saturated rings. The van der Waals surface area contributed by atoms with E-state index < -0.39 is 0 Å². The topological polar surface area (TPSA) is 64.7 Å². The highest BCUT2D eigenvalue weighted by Gasteiger charge is 2.35. The van der Waals surface area contributed by atoms with E-state index in [1.54, 1.807) is 0 Å². The van der Waals surface area contributed by atoms with Crippen LogP contribution in [0.1, 0.15) is 90.7 Å². The molecule has 6 rings (SSSR count). The van der Waals surface area contributed by atoms with Crippen LogP contribution in [0.25, 0.3) is 44.5 Å². The third-order valence-electron chi connectivity index (χ3n) is 8.30. The van der Waals surface area contributed by atoms with Crippen molar-refractivity contribution in [2.45, 2.75) is 93.4 Å².